The molecule has 1 N–H and O–H groups in total. The standard InChI is InChI=1S/C13H20N2O2/c1-2-15(10-5-11-16)13(17)8-7-12-6-3-4-9-14-12/h3-4,6,9,16H,2,5,7-8,10-11H2,1H3. The Labute approximate surface area is 102 Å². The van der Waals surface area contributed by atoms with Crippen LogP contribution in [0.2, 0.25) is 0 Å². The highest BCUT2D eigenvalue weighted by atomic mass is 16.3. The molecule has 1 aromatic rings. The highest BCUT2D eigenvalue weighted by Crippen LogP contribution is 2.02. The van der Waals surface area contributed by atoms with Crippen molar-refractivity contribution in [2.24, 2.45) is 0 Å². The van der Waals surface area contributed by atoms with E-state index in [1.807, 2.05) is 25.1 Å². The summed E-state index contributed by atoms with van der Waals surface area (Å²) in [7, 11) is 0. The van der Waals surface area contributed by atoms with E-state index in [9.17, 15) is 4.79 Å². The Morgan fingerprint density at radius 2 is 2.29 bits per heavy atom. The second kappa shape index (κ2) is 7.79. The molecule has 0 saturated heterocycles. The van der Waals surface area contributed by atoms with Crippen molar-refractivity contribution in [3.05, 3.63) is 30.1 Å². The summed E-state index contributed by atoms with van der Waals surface area (Å²) in [5.41, 5.74) is 0.944. The van der Waals surface area contributed by atoms with Crippen molar-refractivity contribution in [2.45, 2.75) is 26.2 Å². The number of carbonyl (C=O) groups excluding carboxylic acids is 1. The third-order valence-corrected chi connectivity index (χ3v) is 2.64. The number of hydrogen-bond donors (Lipinski definition) is 1. The molecule has 0 aliphatic heterocycles. The van der Waals surface area contributed by atoms with Gasteiger partial charge in [0.2, 0.25) is 5.91 Å². The van der Waals surface area contributed by atoms with Gasteiger partial charge in [0.05, 0.1) is 0 Å². The van der Waals surface area contributed by atoms with Gasteiger partial charge in [0.25, 0.3) is 0 Å². The van der Waals surface area contributed by atoms with Gasteiger partial charge in [-0.2, -0.15) is 0 Å². The number of aryl methyl sites for hydroxylation is 1. The molecule has 1 amide bonds. The van der Waals surface area contributed by atoms with Gasteiger partial charge in [-0.3, -0.25) is 9.78 Å². The average Bonchev–Trinajstić information content (AvgIpc) is 2.38. The Hall–Kier alpha value is -1.42. The van der Waals surface area contributed by atoms with Crippen LogP contribution < -0.4 is 0 Å². The van der Waals surface area contributed by atoms with Crippen LogP contribution in [0.25, 0.3) is 0 Å². The number of aliphatic hydroxyl groups excluding tert-OH is 1. The van der Waals surface area contributed by atoms with E-state index in [-0.39, 0.29) is 12.5 Å². The van der Waals surface area contributed by atoms with Gasteiger partial charge in [-0.25, -0.2) is 0 Å². The number of carbonyl (C=O) groups is 1. The SMILES string of the molecule is CCN(CCCO)C(=O)CCc1ccccn1. The summed E-state index contributed by atoms with van der Waals surface area (Å²) in [5.74, 6) is 0.131. The number of nitrogens with zero attached hydrogens (tertiary/aromatic N) is 2. The van der Waals surface area contributed by atoms with Crippen LogP contribution in [-0.4, -0.2) is 40.6 Å². The number of amides is 1. The van der Waals surface area contributed by atoms with E-state index in [1.54, 1.807) is 11.1 Å². The molecule has 0 aliphatic carbocycles. The molecule has 0 aliphatic rings. The molecule has 4 nitrogen and oxygen atoms in total. The molecule has 94 valence electrons. The average molecular weight is 236 g/mol. The molecule has 1 aromatic heterocycles. The van der Waals surface area contributed by atoms with Gasteiger partial charge >= 0.3 is 0 Å². The van der Waals surface area contributed by atoms with E-state index in [4.69, 9.17) is 5.11 Å². The Balaban J connectivity index is 2.37. The van der Waals surface area contributed by atoms with Crippen LogP contribution in [0.15, 0.2) is 24.4 Å². The van der Waals surface area contributed by atoms with E-state index >= 15 is 0 Å². The van der Waals surface area contributed by atoms with E-state index in [0.717, 1.165) is 5.69 Å². The maximum atomic E-state index is 11.9. The molecule has 1 rings (SSSR count). The summed E-state index contributed by atoms with van der Waals surface area (Å²) in [6.45, 7) is 3.41. The summed E-state index contributed by atoms with van der Waals surface area (Å²) in [6.07, 6.45) is 3.54. The zero-order valence-corrected chi connectivity index (χ0v) is 10.3. The minimum Gasteiger partial charge on any atom is -0.396 e. The van der Waals surface area contributed by atoms with Gasteiger partial charge in [-0.05, 0) is 31.9 Å². The normalized spacial score (nSPS) is 10.2. The second-order valence-electron chi connectivity index (χ2n) is 3.87. The first kappa shape index (κ1) is 13.6. The molecule has 0 spiro atoms. The van der Waals surface area contributed by atoms with Crippen molar-refractivity contribution >= 4 is 5.91 Å². The topological polar surface area (TPSA) is 53.4 Å². The van der Waals surface area contributed by atoms with Crippen molar-refractivity contribution in [3.63, 3.8) is 0 Å². The molecule has 0 atom stereocenters. The minimum absolute atomic E-state index is 0.129. The van der Waals surface area contributed by atoms with Crippen molar-refractivity contribution in [1.82, 2.24) is 9.88 Å². The van der Waals surface area contributed by atoms with Crippen molar-refractivity contribution < 1.29 is 9.90 Å². The van der Waals surface area contributed by atoms with Crippen LogP contribution in [0.5, 0.6) is 0 Å². The molecule has 17 heavy (non-hydrogen) atoms. The van der Waals surface area contributed by atoms with Gasteiger partial charge in [-0.15, -0.1) is 0 Å². The fourth-order valence-electron chi connectivity index (χ4n) is 1.66. The zero-order chi connectivity index (χ0) is 12.5. The molecule has 0 saturated carbocycles. The van der Waals surface area contributed by atoms with E-state index < -0.39 is 0 Å². The third kappa shape index (κ3) is 4.95. The van der Waals surface area contributed by atoms with Crippen molar-refractivity contribution in [2.75, 3.05) is 19.7 Å². The predicted molar refractivity (Wildman–Crippen MR) is 66.5 cm³/mol. The van der Waals surface area contributed by atoms with E-state index in [1.165, 1.54) is 0 Å². The molecular formula is C13H20N2O2. The molecular weight excluding hydrogens is 216 g/mol. The maximum Gasteiger partial charge on any atom is 0.222 e. The summed E-state index contributed by atoms with van der Waals surface area (Å²) in [5, 5.41) is 8.75. The Bertz CT molecular complexity index is 327. The summed E-state index contributed by atoms with van der Waals surface area (Å²) in [4.78, 5) is 17.8. The van der Waals surface area contributed by atoms with E-state index in [0.29, 0.717) is 32.4 Å². The second-order valence-corrected chi connectivity index (χ2v) is 3.87. The van der Waals surface area contributed by atoms with Crippen LogP contribution in [0.3, 0.4) is 0 Å². The fraction of sp³-hybridized carbons (Fsp3) is 0.538. The summed E-state index contributed by atoms with van der Waals surface area (Å²) >= 11 is 0. The molecule has 0 bridgehead atoms. The third-order valence-electron chi connectivity index (χ3n) is 2.64. The number of pyridine rings is 1. The predicted octanol–water partition coefficient (Wildman–Crippen LogP) is 1.25. The fourth-order valence-corrected chi connectivity index (χ4v) is 1.66. The molecule has 0 radical (unpaired) electrons. The number of aliphatic hydroxyl groups is 1. The smallest absolute Gasteiger partial charge is 0.222 e. The van der Waals surface area contributed by atoms with Crippen LogP contribution in [0, 0.1) is 0 Å². The van der Waals surface area contributed by atoms with Crippen molar-refractivity contribution in [1.29, 1.82) is 0 Å². The summed E-state index contributed by atoms with van der Waals surface area (Å²) < 4.78 is 0. The molecule has 0 aromatic carbocycles. The van der Waals surface area contributed by atoms with Crippen LogP contribution in [0.4, 0.5) is 0 Å². The van der Waals surface area contributed by atoms with Crippen LogP contribution in [-0.2, 0) is 11.2 Å². The number of aromatic nitrogens is 1. The molecule has 0 unspecified atom stereocenters. The van der Waals surface area contributed by atoms with Gasteiger partial charge in [0.1, 0.15) is 0 Å². The molecule has 0 fully saturated rings. The van der Waals surface area contributed by atoms with Crippen molar-refractivity contribution in [3.8, 4) is 0 Å². The number of rotatable bonds is 7. The molecule has 1 heterocycles. The quantitative estimate of drug-likeness (QED) is 0.775. The minimum atomic E-state index is 0.129. The lowest BCUT2D eigenvalue weighted by molar-refractivity contribution is -0.131. The lowest BCUT2D eigenvalue weighted by atomic mass is 10.2. The first-order valence-corrected chi connectivity index (χ1v) is 6.06. The maximum absolute atomic E-state index is 11.9. The van der Waals surface area contributed by atoms with E-state index in [2.05, 4.69) is 4.98 Å². The Morgan fingerprint density at radius 1 is 1.47 bits per heavy atom. The number of hydrogen-bond acceptors (Lipinski definition) is 3. The first-order valence-electron chi connectivity index (χ1n) is 6.06. The highest BCUT2D eigenvalue weighted by Gasteiger charge is 2.10. The molecule has 4 heteroatoms. The van der Waals surface area contributed by atoms with Gasteiger partial charge in [0.15, 0.2) is 0 Å². The van der Waals surface area contributed by atoms with Gasteiger partial charge < -0.3 is 10.0 Å². The summed E-state index contributed by atoms with van der Waals surface area (Å²) in [6, 6.07) is 5.72. The zero-order valence-electron chi connectivity index (χ0n) is 10.3. The Kier molecular flexibility index (Phi) is 6.25. The van der Waals surface area contributed by atoms with Gasteiger partial charge in [-0.1, -0.05) is 6.07 Å². The lowest BCUT2D eigenvalue weighted by Gasteiger charge is -2.20. The van der Waals surface area contributed by atoms with Gasteiger partial charge in [0, 0.05) is 38.0 Å². The van der Waals surface area contributed by atoms with Crippen LogP contribution in [0.1, 0.15) is 25.5 Å². The first-order chi connectivity index (χ1) is 8.27. The largest absolute Gasteiger partial charge is 0.396 e. The highest BCUT2D eigenvalue weighted by molar-refractivity contribution is 5.76. The lowest BCUT2D eigenvalue weighted by Crippen LogP contribution is -2.32. The monoisotopic (exact) mass is 236 g/mol. The Morgan fingerprint density at radius 3 is 2.88 bits per heavy atom. The van der Waals surface area contributed by atoms with Crippen LogP contribution >= 0.6 is 0 Å².